The molecular formula is C22H15Cl2N3OS. The number of anilines is 1. The van der Waals surface area contributed by atoms with E-state index < -0.39 is 0 Å². The van der Waals surface area contributed by atoms with Crippen molar-refractivity contribution in [2.45, 2.75) is 6.92 Å². The highest BCUT2D eigenvalue weighted by molar-refractivity contribution is 8.19. The van der Waals surface area contributed by atoms with Gasteiger partial charge in [0.25, 0.3) is 5.91 Å². The molecule has 0 spiro atoms. The fourth-order valence-corrected chi connectivity index (χ4v) is 4.22. The van der Waals surface area contributed by atoms with Crippen LogP contribution in [0, 0.1) is 0 Å². The first kappa shape index (κ1) is 19.7. The number of aromatic nitrogens is 1. The molecule has 1 amide bonds. The average Bonchev–Trinajstić information content (AvgIpc) is 3.06. The Morgan fingerprint density at radius 2 is 1.72 bits per heavy atom. The summed E-state index contributed by atoms with van der Waals surface area (Å²) in [5.74, 6) is -0.132. The average molecular weight is 440 g/mol. The van der Waals surface area contributed by atoms with Crippen LogP contribution in [0.4, 0.5) is 11.4 Å². The number of carbonyl (C=O) groups is 1. The fourth-order valence-electron chi connectivity index (χ4n) is 2.88. The Labute approximate surface area is 182 Å². The van der Waals surface area contributed by atoms with Gasteiger partial charge in [0.05, 0.1) is 10.6 Å². The highest BCUT2D eigenvalue weighted by Crippen LogP contribution is 2.40. The summed E-state index contributed by atoms with van der Waals surface area (Å²) in [7, 11) is 0. The molecule has 1 aromatic heterocycles. The molecule has 0 aliphatic carbocycles. The number of halogens is 2. The maximum Gasteiger partial charge on any atom is 0.271 e. The van der Waals surface area contributed by atoms with Gasteiger partial charge in [0.2, 0.25) is 0 Å². The Kier molecular flexibility index (Phi) is 5.72. The number of hydrogen-bond donors (Lipinski definition) is 0. The van der Waals surface area contributed by atoms with E-state index in [4.69, 9.17) is 23.2 Å². The predicted molar refractivity (Wildman–Crippen MR) is 122 cm³/mol. The zero-order chi connectivity index (χ0) is 20.4. The molecule has 0 unspecified atom stereocenters. The highest BCUT2D eigenvalue weighted by atomic mass is 35.5. The lowest BCUT2D eigenvalue weighted by molar-refractivity contribution is -0.113. The van der Waals surface area contributed by atoms with E-state index in [0.717, 1.165) is 16.8 Å². The summed E-state index contributed by atoms with van der Waals surface area (Å²) >= 11 is 13.5. The molecule has 0 saturated carbocycles. The molecule has 3 aromatic rings. The van der Waals surface area contributed by atoms with E-state index in [0.29, 0.717) is 20.8 Å². The van der Waals surface area contributed by atoms with Gasteiger partial charge in [-0.05, 0) is 66.2 Å². The van der Waals surface area contributed by atoms with E-state index in [-0.39, 0.29) is 11.1 Å². The molecule has 1 saturated heterocycles. The number of thioether (sulfide) groups is 1. The minimum absolute atomic E-state index is 0.132. The van der Waals surface area contributed by atoms with Gasteiger partial charge in [0, 0.05) is 11.2 Å². The van der Waals surface area contributed by atoms with E-state index in [1.807, 2.05) is 61.5 Å². The second kappa shape index (κ2) is 8.41. The van der Waals surface area contributed by atoms with Gasteiger partial charge in [0.1, 0.15) is 5.69 Å². The van der Waals surface area contributed by atoms with Crippen LogP contribution < -0.4 is 4.90 Å². The third kappa shape index (κ3) is 4.08. The normalized spacial score (nSPS) is 17.1. The third-order valence-electron chi connectivity index (χ3n) is 4.37. The lowest BCUT2D eigenvalue weighted by atomic mass is 10.1. The lowest BCUT2D eigenvalue weighted by Gasteiger charge is -2.15. The number of hydrogen-bond acceptors (Lipinski definition) is 4. The summed E-state index contributed by atoms with van der Waals surface area (Å²) in [4.78, 5) is 24.3. The summed E-state index contributed by atoms with van der Waals surface area (Å²) in [6, 6.07) is 20.4. The molecule has 2 aromatic carbocycles. The Balaban J connectivity index is 1.83. The number of allylic oxidation sites excluding steroid dienone is 1. The zero-order valence-corrected chi connectivity index (χ0v) is 17.7. The number of benzene rings is 2. The summed E-state index contributed by atoms with van der Waals surface area (Å²) in [5.41, 5.74) is 3.04. The quantitative estimate of drug-likeness (QED) is 0.341. The number of aliphatic imine (C=N–C) groups is 1. The van der Waals surface area contributed by atoms with Gasteiger partial charge in [-0.25, -0.2) is 9.98 Å². The molecular weight excluding hydrogens is 425 g/mol. The Morgan fingerprint density at radius 3 is 2.41 bits per heavy atom. The first-order chi connectivity index (χ1) is 14.0. The van der Waals surface area contributed by atoms with Crippen molar-refractivity contribution in [1.29, 1.82) is 0 Å². The molecule has 4 rings (SSSR count). The summed E-state index contributed by atoms with van der Waals surface area (Å²) in [5, 5.41) is 1.46. The molecule has 144 valence electrons. The van der Waals surface area contributed by atoms with Crippen LogP contribution in [-0.4, -0.2) is 16.1 Å². The number of nitrogens with zero attached hydrogens (tertiary/aromatic N) is 3. The van der Waals surface area contributed by atoms with Crippen LogP contribution in [0.2, 0.25) is 10.2 Å². The van der Waals surface area contributed by atoms with Gasteiger partial charge >= 0.3 is 0 Å². The first-order valence-electron chi connectivity index (χ1n) is 8.78. The second-order valence-corrected chi connectivity index (χ2v) is 8.02. The van der Waals surface area contributed by atoms with Crippen molar-refractivity contribution >= 4 is 63.0 Å². The van der Waals surface area contributed by atoms with Crippen LogP contribution in [0.15, 0.2) is 82.8 Å². The standard InChI is InChI=1S/C22H15Cl2N3OS/c1-14(15-9-11-16(23)12-10-15)19-21(28)27(17-6-3-2-4-7-17)22(29-19)26-18-8-5-13-25-20(18)24/h2-13H,1H3/b19-14-,26-22?. The summed E-state index contributed by atoms with van der Waals surface area (Å²) in [6.07, 6.45) is 1.60. The SMILES string of the molecule is C/C(=C1/SC(=Nc2cccnc2Cl)N(c2ccccc2)C1=O)c1ccc(Cl)cc1. The van der Waals surface area contributed by atoms with E-state index in [9.17, 15) is 4.79 Å². The van der Waals surface area contributed by atoms with E-state index in [1.54, 1.807) is 23.2 Å². The van der Waals surface area contributed by atoms with Crippen molar-refractivity contribution in [3.8, 4) is 0 Å². The van der Waals surface area contributed by atoms with Gasteiger partial charge in [-0.2, -0.15) is 0 Å². The Hall–Kier alpha value is -2.60. The molecule has 0 radical (unpaired) electrons. The van der Waals surface area contributed by atoms with Crippen molar-refractivity contribution in [2.24, 2.45) is 4.99 Å². The number of rotatable bonds is 3. The molecule has 7 heteroatoms. The number of pyridine rings is 1. The van der Waals surface area contributed by atoms with Crippen molar-refractivity contribution in [1.82, 2.24) is 4.98 Å². The van der Waals surface area contributed by atoms with Gasteiger partial charge in [-0.15, -0.1) is 0 Å². The zero-order valence-electron chi connectivity index (χ0n) is 15.3. The van der Waals surface area contributed by atoms with Crippen LogP contribution >= 0.6 is 35.0 Å². The molecule has 1 aliphatic heterocycles. The van der Waals surface area contributed by atoms with Gasteiger partial charge in [0.15, 0.2) is 10.3 Å². The number of amides is 1. The summed E-state index contributed by atoms with van der Waals surface area (Å²) in [6.45, 7) is 1.92. The second-order valence-electron chi connectivity index (χ2n) is 6.25. The van der Waals surface area contributed by atoms with Crippen LogP contribution in [0.3, 0.4) is 0 Å². The Morgan fingerprint density at radius 1 is 1.00 bits per heavy atom. The first-order valence-corrected chi connectivity index (χ1v) is 10.3. The molecule has 29 heavy (non-hydrogen) atoms. The van der Waals surface area contributed by atoms with Crippen molar-refractivity contribution in [3.63, 3.8) is 0 Å². The molecule has 0 atom stereocenters. The van der Waals surface area contributed by atoms with Crippen molar-refractivity contribution < 1.29 is 4.79 Å². The maximum atomic E-state index is 13.4. The van der Waals surface area contributed by atoms with E-state index in [1.165, 1.54) is 11.8 Å². The lowest BCUT2D eigenvalue weighted by Crippen LogP contribution is -2.28. The van der Waals surface area contributed by atoms with Crippen LogP contribution in [0.25, 0.3) is 5.57 Å². The molecule has 0 bridgehead atoms. The fraction of sp³-hybridized carbons (Fsp3) is 0.0455. The Bertz CT molecular complexity index is 1130. The number of carbonyl (C=O) groups excluding carboxylic acids is 1. The molecule has 1 aliphatic rings. The van der Waals surface area contributed by atoms with Crippen LogP contribution in [-0.2, 0) is 4.79 Å². The van der Waals surface area contributed by atoms with Gasteiger partial charge in [-0.1, -0.05) is 53.5 Å². The molecule has 2 heterocycles. The summed E-state index contributed by atoms with van der Waals surface area (Å²) < 4.78 is 0. The third-order valence-corrected chi connectivity index (χ3v) is 6.05. The largest absolute Gasteiger partial charge is 0.271 e. The molecule has 4 nitrogen and oxygen atoms in total. The van der Waals surface area contributed by atoms with Crippen molar-refractivity contribution in [3.05, 3.63) is 93.6 Å². The van der Waals surface area contributed by atoms with Crippen molar-refractivity contribution in [2.75, 3.05) is 4.90 Å². The topological polar surface area (TPSA) is 45.6 Å². The van der Waals surface area contributed by atoms with Crippen LogP contribution in [0.1, 0.15) is 12.5 Å². The minimum Gasteiger partial charge on any atom is -0.268 e. The monoisotopic (exact) mass is 439 g/mol. The number of amidine groups is 1. The number of para-hydroxylation sites is 1. The van der Waals surface area contributed by atoms with Gasteiger partial charge < -0.3 is 0 Å². The molecule has 0 N–H and O–H groups in total. The van der Waals surface area contributed by atoms with Gasteiger partial charge in [-0.3, -0.25) is 9.69 Å². The minimum atomic E-state index is -0.132. The molecule has 1 fully saturated rings. The highest BCUT2D eigenvalue weighted by Gasteiger charge is 2.36. The van der Waals surface area contributed by atoms with Crippen LogP contribution in [0.5, 0.6) is 0 Å². The smallest absolute Gasteiger partial charge is 0.268 e. The predicted octanol–water partition coefficient (Wildman–Crippen LogP) is 6.59. The maximum absolute atomic E-state index is 13.4. The van der Waals surface area contributed by atoms with E-state index in [2.05, 4.69) is 9.98 Å². The van der Waals surface area contributed by atoms with E-state index >= 15 is 0 Å².